The molecular weight excluding hydrogens is 318 g/mol. The van der Waals surface area contributed by atoms with Crippen molar-refractivity contribution >= 4 is 5.91 Å². The molecule has 0 radical (unpaired) electrons. The first-order valence-corrected chi connectivity index (χ1v) is 6.09. The van der Waals surface area contributed by atoms with Gasteiger partial charge in [-0.25, -0.2) is 0 Å². The summed E-state index contributed by atoms with van der Waals surface area (Å²) >= 11 is 0. The fourth-order valence-corrected chi connectivity index (χ4v) is 2.33. The first-order valence-electron chi connectivity index (χ1n) is 6.09. The number of amides is 1. The molecule has 1 aliphatic heterocycles. The summed E-state index contributed by atoms with van der Waals surface area (Å²) < 4.78 is 77.4. The number of aromatic amines is 1. The number of carbonyl (C=O) groups excluding carboxylic acids is 1. The molecule has 1 aromatic rings. The number of hydrogen-bond acceptors (Lipinski definition) is 2. The molecule has 0 atom stereocenters. The first kappa shape index (κ1) is 16.4. The molecule has 1 amide bonds. The number of H-pyrrole nitrogens is 1. The topological polar surface area (TPSA) is 53.2 Å². The third kappa shape index (κ3) is 2.57. The van der Waals surface area contributed by atoms with Gasteiger partial charge in [-0.3, -0.25) is 9.59 Å². The van der Waals surface area contributed by atoms with Gasteiger partial charge in [0.25, 0.3) is 5.91 Å². The Morgan fingerprint density at radius 2 is 1.73 bits per heavy atom. The van der Waals surface area contributed by atoms with Crippen LogP contribution in [0.15, 0.2) is 23.1 Å². The molecule has 1 aliphatic rings. The zero-order valence-corrected chi connectivity index (χ0v) is 10.9. The van der Waals surface area contributed by atoms with Crippen LogP contribution in [0.4, 0.5) is 26.3 Å². The number of likely N-dealkylation sites (tertiary alicyclic amines) is 1. The summed E-state index contributed by atoms with van der Waals surface area (Å²) in [5.41, 5.74) is -4.64. The molecule has 0 bridgehead atoms. The Balaban J connectivity index is 2.29. The van der Waals surface area contributed by atoms with Gasteiger partial charge in [-0.15, -0.1) is 0 Å². The predicted octanol–water partition coefficient (Wildman–Crippen LogP) is 2.33. The summed E-state index contributed by atoms with van der Waals surface area (Å²) in [6, 6.07) is 2.01. The van der Waals surface area contributed by atoms with Gasteiger partial charge in [0.15, 0.2) is 5.41 Å². The van der Waals surface area contributed by atoms with Gasteiger partial charge in [-0.2, -0.15) is 26.3 Å². The molecule has 10 heteroatoms. The Kier molecular flexibility index (Phi) is 3.74. The number of rotatable bonds is 1. The van der Waals surface area contributed by atoms with E-state index in [1.54, 1.807) is 0 Å². The van der Waals surface area contributed by atoms with E-state index in [-0.39, 0.29) is 5.56 Å². The minimum Gasteiger partial charge on any atom is -0.337 e. The fraction of sp³-hybridized carbons (Fsp3) is 0.500. The van der Waals surface area contributed by atoms with Crippen LogP contribution in [-0.4, -0.2) is 41.2 Å². The number of carbonyl (C=O) groups is 1. The molecule has 22 heavy (non-hydrogen) atoms. The van der Waals surface area contributed by atoms with Crippen molar-refractivity contribution in [2.45, 2.75) is 18.8 Å². The van der Waals surface area contributed by atoms with Crippen LogP contribution >= 0.6 is 0 Å². The second-order valence-corrected chi connectivity index (χ2v) is 5.00. The van der Waals surface area contributed by atoms with Crippen molar-refractivity contribution in [1.82, 2.24) is 9.88 Å². The second-order valence-electron chi connectivity index (χ2n) is 5.00. The Hall–Kier alpha value is -2.00. The molecule has 0 saturated carbocycles. The molecule has 122 valence electrons. The Morgan fingerprint density at radius 1 is 1.14 bits per heavy atom. The molecule has 1 aromatic heterocycles. The highest BCUT2D eigenvalue weighted by Crippen LogP contribution is 2.55. The summed E-state index contributed by atoms with van der Waals surface area (Å²) in [6.07, 6.45) is -11.3. The number of pyridine rings is 1. The van der Waals surface area contributed by atoms with Crippen LogP contribution in [0.3, 0.4) is 0 Å². The Bertz CT molecular complexity index is 599. The van der Waals surface area contributed by atoms with E-state index >= 15 is 0 Å². The maximum atomic E-state index is 12.9. The monoisotopic (exact) mass is 328 g/mol. The standard InChI is InChI=1S/C12H10F6N2O2/c13-11(14,15)10(12(16,17)18)3-4-20(6-10)9(22)7-1-2-8(21)19-5-7/h1-2,5H,3-4,6H2,(H,19,21). The van der Waals surface area contributed by atoms with Crippen LogP contribution < -0.4 is 5.56 Å². The third-order valence-electron chi connectivity index (χ3n) is 3.67. The molecule has 1 saturated heterocycles. The van der Waals surface area contributed by atoms with E-state index in [9.17, 15) is 35.9 Å². The maximum Gasteiger partial charge on any atom is 0.404 e. The van der Waals surface area contributed by atoms with Gasteiger partial charge >= 0.3 is 12.4 Å². The minimum absolute atomic E-state index is 0.181. The lowest BCUT2D eigenvalue weighted by Crippen LogP contribution is -2.52. The van der Waals surface area contributed by atoms with Gasteiger partial charge in [-0.05, 0) is 12.5 Å². The molecule has 2 heterocycles. The van der Waals surface area contributed by atoms with Crippen LogP contribution in [0.2, 0.25) is 0 Å². The van der Waals surface area contributed by atoms with Crippen LogP contribution in [0.25, 0.3) is 0 Å². The van der Waals surface area contributed by atoms with Crippen molar-refractivity contribution in [3.63, 3.8) is 0 Å². The quantitative estimate of drug-likeness (QED) is 0.805. The molecule has 0 aliphatic carbocycles. The average Bonchev–Trinajstić information content (AvgIpc) is 2.84. The molecule has 1 fully saturated rings. The Labute approximate surface area is 119 Å². The zero-order chi connectivity index (χ0) is 16.8. The largest absolute Gasteiger partial charge is 0.404 e. The average molecular weight is 328 g/mol. The van der Waals surface area contributed by atoms with Gasteiger partial charge in [0, 0.05) is 25.4 Å². The van der Waals surface area contributed by atoms with E-state index in [4.69, 9.17) is 0 Å². The van der Waals surface area contributed by atoms with Crippen molar-refractivity contribution in [2.75, 3.05) is 13.1 Å². The summed E-state index contributed by atoms with van der Waals surface area (Å²) in [5.74, 6) is -0.994. The summed E-state index contributed by atoms with van der Waals surface area (Å²) in [5, 5.41) is 0. The highest BCUT2D eigenvalue weighted by Gasteiger charge is 2.72. The fourth-order valence-electron chi connectivity index (χ4n) is 2.33. The molecule has 0 unspecified atom stereocenters. The van der Waals surface area contributed by atoms with Gasteiger partial charge in [-0.1, -0.05) is 0 Å². The van der Waals surface area contributed by atoms with Crippen molar-refractivity contribution in [2.24, 2.45) is 5.41 Å². The van der Waals surface area contributed by atoms with Gasteiger partial charge in [0.05, 0.1) is 5.56 Å². The van der Waals surface area contributed by atoms with E-state index < -0.39 is 48.7 Å². The lowest BCUT2D eigenvalue weighted by molar-refractivity contribution is -0.334. The van der Waals surface area contributed by atoms with E-state index in [1.165, 1.54) is 0 Å². The number of aromatic nitrogens is 1. The van der Waals surface area contributed by atoms with Crippen LogP contribution in [0, 0.1) is 5.41 Å². The zero-order valence-electron chi connectivity index (χ0n) is 10.9. The van der Waals surface area contributed by atoms with Crippen molar-refractivity contribution in [1.29, 1.82) is 0 Å². The molecule has 1 N–H and O–H groups in total. The third-order valence-corrected chi connectivity index (χ3v) is 3.67. The van der Waals surface area contributed by atoms with E-state index in [2.05, 4.69) is 4.98 Å². The van der Waals surface area contributed by atoms with E-state index in [1.807, 2.05) is 0 Å². The number of nitrogens with one attached hydrogen (secondary N) is 1. The van der Waals surface area contributed by atoms with Crippen molar-refractivity contribution in [3.8, 4) is 0 Å². The minimum atomic E-state index is -5.51. The molecule has 4 nitrogen and oxygen atoms in total. The molecule has 0 spiro atoms. The molecular formula is C12H10F6N2O2. The highest BCUT2D eigenvalue weighted by atomic mass is 19.4. The summed E-state index contributed by atoms with van der Waals surface area (Å²) in [7, 11) is 0. The van der Waals surface area contributed by atoms with E-state index in [0.29, 0.717) is 4.90 Å². The summed E-state index contributed by atoms with van der Waals surface area (Å²) in [6.45, 7) is -2.16. The van der Waals surface area contributed by atoms with Crippen LogP contribution in [-0.2, 0) is 0 Å². The lowest BCUT2D eigenvalue weighted by Gasteiger charge is -2.33. The highest BCUT2D eigenvalue weighted by molar-refractivity contribution is 5.94. The van der Waals surface area contributed by atoms with E-state index in [0.717, 1.165) is 18.3 Å². The second kappa shape index (κ2) is 5.03. The number of nitrogens with zero attached hydrogens (tertiary/aromatic N) is 1. The lowest BCUT2D eigenvalue weighted by atomic mass is 9.85. The molecule has 2 rings (SSSR count). The van der Waals surface area contributed by atoms with Gasteiger partial charge in [0.2, 0.25) is 5.56 Å². The van der Waals surface area contributed by atoms with Gasteiger partial charge < -0.3 is 9.88 Å². The Morgan fingerprint density at radius 3 is 2.14 bits per heavy atom. The van der Waals surface area contributed by atoms with Crippen LogP contribution in [0.1, 0.15) is 16.8 Å². The normalized spacial score (nSPS) is 18.5. The van der Waals surface area contributed by atoms with Crippen LogP contribution in [0.5, 0.6) is 0 Å². The first-order chi connectivity index (χ1) is 9.98. The molecule has 0 aromatic carbocycles. The maximum absolute atomic E-state index is 12.9. The predicted molar refractivity (Wildman–Crippen MR) is 62.1 cm³/mol. The SMILES string of the molecule is O=C(c1ccc(=O)[nH]c1)N1CCC(C(F)(F)F)(C(F)(F)F)C1. The number of hydrogen-bond donors (Lipinski definition) is 1. The van der Waals surface area contributed by atoms with Crippen molar-refractivity contribution < 1.29 is 31.1 Å². The number of alkyl halides is 6. The smallest absolute Gasteiger partial charge is 0.337 e. The number of halogens is 6. The van der Waals surface area contributed by atoms with Gasteiger partial charge in [0.1, 0.15) is 0 Å². The van der Waals surface area contributed by atoms with Crippen molar-refractivity contribution in [3.05, 3.63) is 34.2 Å². The summed E-state index contributed by atoms with van der Waals surface area (Å²) in [4.78, 5) is 25.5.